The van der Waals surface area contributed by atoms with Crippen LogP contribution >= 0.6 is 0 Å². The molecule has 0 aliphatic rings. The standard InChI is InChI=1S/C38H71NO6/c1-5-9-10-11-12-13-14-15-16-17-18-19-20-21-22-23-24-25-26-27-28-29-39(30-33(6-2)36(40)41,31-34(7-3)37(42)43)32-35(8-4)38(44)45/h12-13,33-35H,5-11,14-32H2,1-4H3,(H2-,40,41,42,43,44,45)/p+1/b13-12+. The highest BCUT2D eigenvalue weighted by molar-refractivity contribution is 5.71. The molecular weight excluding hydrogens is 566 g/mol. The van der Waals surface area contributed by atoms with Crippen molar-refractivity contribution >= 4 is 17.9 Å². The van der Waals surface area contributed by atoms with E-state index < -0.39 is 35.7 Å². The number of carboxylic acid groups (broad SMARTS) is 3. The summed E-state index contributed by atoms with van der Waals surface area (Å²) in [5.74, 6) is -4.51. The van der Waals surface area contributed by atoms with Crippen LogP contribution < -0.4 is 0 Å². The second kappa shape index (κ2) is 28.3. The van der Waals surface area contributed by atoms with Gasteiger partial charge in [-0.1, -0.05) is 123 Å². The molecule has 0 aromatic heterocycles. The first kappa shape index (κ1) is 43.1. The Hall–Kier alpha value is -1.89. The Morgan fingerprint density at radius 2 is 0.756 bits per heavy atom. The highest BCUT2D eigenvalue weighted by atomic mass is 16.4. The third-order valence-corrected chi connectivity index (χ3v) is 9.74. The van der Waals surface area contributed by atoms with Crippen LogP contribution in [0.15, 0.2) is 12.2 Å². The average Bonchev–Trinajstić information content (AvgIpc) is 3.01. The molecule has 7 nitrogen and oxygen atoms in total. The summed E-state index contributed by atoms with van der Waals surface area (Å²) in [5, 5.41) is 29.5. The number of nitrogens with zero attached hydrogens (tertiary/aromatic N) is 1. The number of rotatable bonds is 33. The number of unbranched alkanes of at least 4 members (excludes halogenated alkanes) is 17. The van der Waals surface area contributed by atoms with E-state index in [-0.39, 0.29) is 24.1 Å². The molecule has 3 atom stereocenters. The van der Waals surface area contributed by atoms with Crippen molar-refractivity contribution in [2.75, 3.05) is 26.2 Å². The monoisotopic (exact) mass is 639 g/mol. The number of quaternary nitrogens is 1. The number of aliphatic carboxylic acids is 3. The van der Waals surface area contributed by atoms with Gasteiger partial charge in [0.2, 0.25) is 0 Å². The van der Waals surface area contributed by atoms with Gasteiger partial charge in [0, 0.05) is 0 Å². The van der Waals surface area contributed by atoms with Crippen LogP contribution in [0.25, 0.3) is 0 Å². The SMILES string of the molecule is CCCCC/C=C/CCCCCCCCCCCCCCCC[N+](CC(CC)C(=O)O)(CC(CC)C(=O)O)CC(CC)C(=O)O. The Bertz CT molecular complexity index is 722. The third kappa shape index (κ3) is 22.3. The highest BCUT2D eigenvalue weighted by Crippen LogP contribution is 2.25. The van der Waals surface area contributed by atoms with E-state index in [0.717, 1.165) is 19.3 Å². The van der Waals surface area contributed by atoms with Crippen molar-refractivity contribution in [1.82, 2.24) is 0 Å². The molecule has 0 rings (SSSR count). The van der Waals surface area contributed by atoms with Crippen molar-refractivity contribution in [1.29, 1.82) is 0 Å². The summed E-state index contributed by atoms with van der Waals surface area (Å²) in [6.07, 6.45) is 29.9. The van der Waals surface area contributed by atoms with Crippen molar-refractivity contribution in [2.24, 2.45) is 17.8 Å². The van der Waals surface area contributed by atoms with Gasteiger partial charge in [-0.15, -0.1) is 0 Å². The maximum absolute atomic E-state index is 12.0. The van der Waals surface area contributed by atoms with E-state index in [1.807, 2.05) is 20.8 Å². The molecule has 3 N–H and O–H groups in total. The van der Waals surface area contributed by atoms with Crippen LogP contribution in [0.2, 0.25) is 0 Å². The van der Waals surface area contributed by atoms with Crippen molar-refractivity contribution < 1.29 is 34.2 Å². The van der Waals surface area contributed by atoms with Gasteiger partial charge < -0.3 is 19.8 Å². The minimum Gasteiger partial charge on any atom is -0.481 e. The van der Waals surface area contributed by atoms with Crippen LogP contribution in [-0.2, 0) is 14.4 Å². The second-order valence-corrected chi connectivity index (χ2v) is 13.6. The quantitative estimate of drug-likeness (QED) is 0.0375. The fraction of sp³-hybridized carbons (Fsp3) is 0.868. The molecular formula is C38H72NO6+. The molecule has 0 amide bonds. The number of carboxylic acids is 3. The minimum atomic E-state index is -0.886. The van der Waals surface area contributed by atoms with Gasteiger partial charge in [-0.3, -0.25) is 14.4 Å². The maximum Gasteiger partial charge on any atom is 0.312 e. The van der Waals surface area contributed by atoms with Crippen LogP contribution in [0.4, 0.5) is 0 Å². The van der Waals surface area contributed by atoms with Gasteiger partial charge in [-0.25, -0.2) is 0 Å². The van der Waals surface area contributed by atoms with Gasteiger partial charge in [-0.2, -0.15) is 0 Å². The van der Waals surface area contributed by atoms with Crippen LogP contribution in [0, 0.1) is 17.8 Å². The van der Waals surface area contributed by atoms with Crippen LogP contribution in [-0.4, -0.2) is 63.9 Å². The number of carbonyl (C=O) groups is 3. The first-order valence-corrected chi connectivity index (χ1v) is 18.8. The van der Waals surface area contributed by atoms with Crippen LogP contribution in [0.1, 0.15) is 169 Å². The summed E-state index contributed by atoms with van der Waals surface area (Å²) >= 11 is 0. The largest absolute Gasteiger partial charge is 0.481 e. The molecule has 0 bridgehead atoms. The minimum absolute atomic E-state index is 0.261. The molecule has 0 aliphatic heterocycles. The molecule has 7 heteroatoms. The van der Waals surface area contributed by atoms with E-state index in [0.29, 0.717) is 25.8 Å². The molecule has 264 valence electrons. The van der Waals surface area contributed by atoms with E-state index in [4.69, 9.17) is 0 Å². The van der Waals surface area contributed by atoms with Gasteiger partial charge in [0.1, 0.15) is 17.8 Å². The predicted octanol–water partition coefficient (Wildman–Crippen LogP) is 10.1. The summed E-state index contributed by atoms with van der Waals surface area (Å²) in [5.41, 5.74) is 0. The van der Waals surface area contributed by atoms with E-state index in [9.17, 15) is 29.7 Å². The first-order valence-electron chi connectivity index (χ1n) is 18.8. The van der Waals surface area contributed by atoms with Gasteiger partial charge >= 0.3 is 17.9 Å². The Morgan fingerprint density at radius 1 is 0.467 bits per heavy atom. The third-order valence-electron chi connectivity index (χ3n) is 9.74. The molecule has 45 heavy (non-hydrogen) atoms. The molecule has 0 heterocycles. The summed E-state index contributed by atoms with van der Waals surface area (Å²) in [7, 11) is 0. The van der Waals surface area contributed by atoms with E-state index >= 15 is 0 Å². The fourth-order valence-corrected chi connectivity index (χ4v) is 6.62. The topological polar surface area (TPSA) is 112 Å². The summed E-state index contributed by atoms with van der Waals surface area (Å²) < 4.78 is 0.261. The van der Waals surface area contributed by atoms with Crippen molar-refractivity contribution in [3.8, 4) is 0 Å². The van der Waals surface area contributed by atoms with E-state index in [1.54, 1.807) is 0 Å². The number of hydrogen-bond acceptors (Lipinski definition) is 3. The molecule has 0 saturated carbocycles. The lowest BCUT2D eigenvalue weighted by atomic mass is 9.95. The van der Waals surface area contributed by atoms with Crippen molar-refractivity contribution in [2.45, 2.75) is 169 Å². The Morgan fingerprint density at radius 3 is 1.04 bits per heavy atom. The zero-order valence-corrected chi connectivity index (χ0v) is 29.8. The summed E-state index contributed by atoms with van der Waals surface area (Å²) in [6.45, 7) is 9.27. The predicted molar refractivity (Wildman–Crippen MR) is 187 cm³/mol. The number of allylic oxidation sites excluding steroid dienone is 2. The molecule has 0 radical (unpaired) electrons. The maximum atomic E-state index is 12.0. The van der Waals surface area contributed by atoms with E-state index in [2.05, 4.69) is 19.1 Å². The van der Waals surface area contributed by atoms with E-state index in [1.165, 1.54) is 103 Å². The zero-order chi connectivity index (χ0) is 33.8. The Balaban J connectivity index is 4.48. The highest BCUT2D eigenvalue weighted by Gasteiger charge is 2.40. The molecule has 0 aliphatic carbocycles. The molecule has 0 aromatic carbocycles. The lowest BCUT2D eigenvalue weighted by molar-refractivity contribution is -0.935. The average molecular weight is 639 g/mol. The molecule has 0 aromatic rings. The fourth-order valence-electron chi connectivity index (χ4n) is 6.62. The molecule has 3 unspecified atom stereocenters. The van der Waals surface area contributed by atoms with Crippen molar-refractivity contribution in [3.05, 3.63) is 12.2 Å². The number of hydrogen-bond donors (Lipinski definition) is 3. The summed E-state index contributed by atoms with van der Waals surface area (Å²) in [6, 6.07) is 0. The van der Waals surface area contributed by atoms with Crippen LogP contribution in [0.3, 0.4) is 0 Å². The second-order valence-electron chi connectivity index (χ2n) is 13.6. The van der Waals surface area contributed by atoms with Gasteiger partial charge in [0.05, 0.1) is 26.2 Å². The smallest absolute Gasteiger partial charge is 0.312 e. The van der Waals surface area contributed by atoms with Crippen LogP contribution in [0.5, 0.6) is 0 Å². The first-order chi connectivity index (χ1) is 21.7. The normalized spacial score (nSPS) is 15.1. The molecule has 0 saturated heterocycles. The lowest BCUT2D eigenvalue weighted by Gasteiger charge is -2.43. The van der Waals surface area contributed by atoms with Crippen molar-refractivity contribution in [3.63, 3.8) is 0 Å². The summed E-state index contributed by atoms with van der Waals surface area (Å²) in [4.78, 5) is 36.0. The molecule has 0 fully saturated rings. The Labute approximate surface area is 276 Å². The zero-order valence-electron chi connectivity index (χ0n) is 29.8. The van der Waals surface area contributed by atoms with Gasteiger partial charge in [0.15, 0.2) is 0 Å². The lowest BCUT2D eigenvalue weighted by Crippen LogP contribution is -2.58. The van der Waals surface area contributed by atoms with Gasteiger partial charge in [0.25, 0.3) is 0 Å². The molecule has 0 spiro atoms. The van der Waals surface area contributed by atoms with Gasteiger partial charge in [-0.05, 0) is 57.8 Å². The Kier molecular flexibility index (Phi) is 27.2.